The van der Waals surface area contributed by atoms with Crippen molar-refractivity contribution in [2.24, 2.45) is 0 Å². The highest BCUT2D eigenvalue weighted by molar-refractivity contribution is 6.40. The van der Waals surface area contributed by atoms with Crippen LogP contribution in [-0.2, 0) is 0 Å². The van der Waals surface area contributed by atoms with Crippen LogP contribution in [0.3, 0.4) is 0 Å². The van der Waals surface area contributed by atoms with E-state index in [0.29, 0.717) is 11.4 Å². The van der Waals surface area contributed by atoms with E-state index in [9.17, 15) is 0 Å². The van der Waals surface area contributed by atoms with Crippen LogP contribution in [-0.4, -0.2) is 57.0 Å². The second-order valence-electron chi connectivity index (χ2n) is 26.6. The van der Waals surface area contributed by atoms with E-state index in [-0.39, 0.29) is 0 Å². The molecule has 0 N–H and O–H groups in total. The van der Waals surface area contributed by atoms with Gasteiger partial charge in [-0.2, -0.15) is 0 Å². The minimum absolute atomic E-state index is 0.701. The zero-order valence-electron chi connectivity index (χ0n) is 53.1. The molecule has 11 aromatic carbocycles. The number of benzene rings is 11. The molecule has 0 saturated heterocycles. The van der Waals surface area contributed by atoms with Gasteiger partial charge in [-0.1, -0.05) is 146 Å². The largest absolute Gasteiger partial charge is 0.309 e. The molecule has 0 amide bonds. The predicted octanol–water partition coefficient (Wildman–Crippen LogP) is 21.2. The minimum atomic E-state index is 0.701. The molecule has 0 bridgehead atoms. The van der Waals surface area contributed by atoms with Gasteiger partial charge in [0.1, 0.15) is 22.3 Å². The highest BCUT2D eigenvalue weighted by Gasteiger charge is 2.33. The Balaban J connectivity index is 0.940. The minimum Gasteiger partial charge on any atom is -0.309 e. The molecule has 100 heavy (non-hydrogen) atoms. The summed E-state index contributed by atoms with van der Waals surface area (Å²) in [4.78, 5) is 33.3. The molecule has 0 radical (unpaired) electrons. The molecule has 24 aromatic rings. The number of aromatic nitrogens is 12. The van der Waals surface area contributed by atoms with Crippen molar-refractivity contribution in [1.82, 2.24) is 57.0 Å². The number of nitrogens with zero attached hydrogens (tertiary/aromatic N) is 12. The zero-order valence-corrected chi connectivity index (χ0v) is 53.1. The molecule has 0 aliphatic rings. The lowest BCUT2D eigenvalue weighted by Crippen LogP contribution is -1.99. The maximum atomic E-state index is 6.11. The van der Waals surface area contributed by atoms with Crippen LogP contribution in [0.25, 0.3) is 220 Å². The molecule has 12 nitrogen and oxygen atoms in total. The Morgan fingerprint density at radius 3 is 0.810 bits per heavy atom. The third kappa shape index (κ3) is 6.64. The quantitative estimate of drug-likeness (QED) is 0.164. The smallest absolute Gasteiger partial charge is 0.145 e. The Bertz CT molecular complexity index is 7050. The summed E-state index contributed by atoms with van der Waals surface area (Å²) in [6.45, 7) is 0. The molecule has 13 aromatic heterocycles. The van der Waals surface area contributed by atoms with Gasteiger partial charge >= 0.3 is 0 Å². The normalized spacial score (nSPS) is 12.6. The van der Waals surface area contributed by atoms with E-state index in [0.717, 1.165) is 165 Å². The van der Waals surface area contributed by atoms with E-state index < -0.39 is 0 Å². The molecule has 0 atom stereocenters. The Kier molecular flexibility index (Phi) is 9.96. The first-order valence-corrected chi connectivity index (χ1v) is 33.8. The van der Waals surface area contributed by atoms with Gasteiger partial charge in [0.15, 0.2) is 0 Å². The molecule has 460 valence electrons. The standard InChI is InChI=1S/C88H48N12/c1-9-29-69-55(21-1)56-22-2-10-30-70(56)95(69)51-39-63-65-43-53(97-73-33-13-5-25-59(73)60-26-6-14-34-74(60)97)47-91-87(65)99-83(63)67(41-51)77-81-82(94-80(50-20-18-38-90-46-50)79(93-81)49-19-17-37-89-45-49)78-68-42-52(96-71-31-11-3-23-57(71)58-24-4-12-32-72(58)96)40-64-66-44-54(48-92-88(66)100(84(64)68)86(78)85(77)99)98-75-35-15-7-27-61(75)62-28-8-16-36-76(62)98/h1-48H. The fraction of sp³-hybridized carbons (Fsp3) is 0. The molecule has 0 fully saturated rings. The van der Waals surface area contributed by atoms with Crippen molar-refractivity contribution in [1.29, 1.82) is 0 Å². The molecule has 0 saturated carbocycles. The van der Waals surface area contributed by atoms with Crippen molar-refractivity contribution in [3.63, 3.8) is 0 Å². The number of pyridine rings is 4. The third-order valence-electron chi connectivity index (χ3n) is 21.6. The Hall–Kier alpha value is -13.8. The first-order valence-electron chi connectivity index (χ1n) is 33.8. The molecular weight excluding hydrogens is 1230 g/mol. The second-order valence-corrected chi connectivity index (χ2v) is 26.6. The first-order chi connectivity index (χ1) is 49.7. The Labute approximate surface area is 565 Å². The van der Waals surface area contributed by atoms with Crippen molar-refractivity contribution < 1.29 is 0 Å². The fourth-order valence-electron chi connectivity index (χ4n) is 17.7. The molecular formula is C88H48N12. The molecule has 0 unspecified atom stereocenters. The number of para-hydroxylation sites is 8. The lowest BCUT2D eigenvalue weighted by Gasteiger charge is -2.14. The fourth-order valence-corrected chi connectivity index (χ4v) is 17.7. The van der Waals surface area contributed by atoms with Crippen LogP contribution in [0.2, 0.25) is 0 Å². The number of fused-ring (bicyclic) bond motifs is 28. The second kappa shape index (κ2) is 19.0. The van der Waals surface area contributed by atoms with Crippen molar-refractivity contribution >= 4 is 175 Å². The summed E-state index contributed by atoms with van der Waals surface area (Å²) in [5.74, 6) is 0. The van der Waals surface area contributed by atoms with E-state index in [1.165, 1.54) is 43.1 Å². The van der Waals surface area contributed by atoms with Gasteiger partial charge in [-0.25, -0.2) is 19.9 Å². The summed E-state index contributed by atoms with van der Waals surface area (Å²) in [6.07, 6.45) is 11.6. The van der Waals surface area contributed by atoms with Crippen LogP contribution in [0, 0.1) is 0 Å². The van der Waals surface area contributed by atoms with Gasteiger partial charge in [-0.3, -0.25) is 18.8 Å². The van der Waals surface area contributed by atoms with Gasteiger partial charge in [-0.15, -0.1) is 0 Å². The molecule has 13 heterocycles. The molecule has 24 rings (SSSR count). The number of hydrogen-bond donors (Lipinski definition) is 0. The summed E-state index contributed by atoms with van der Waals surface area (Å²) in [5.41, 5.74) is 23.1. The predicted molar refractivity (Wildman–Crippen MR) is 408 cm³/mol. The molecule has 12 heteroatoms. The van der Waals surface area contributed by atoms with Crippen molar-refractivity contribution in [3.05, 3.63) is 292 Å². The highest BCUT2D eigenvalue weighted by Crippen LogP contribution is 2.53. The SMILES string of the molecule is c1cncc(-c2nc3c(nc2-c2cccnc2)c2c4cc(-n5c6ccccc6c6ccccc65)cc5c6cc(-n7c8ccccc8c8ccccc87)cnc6n(c54)c2c2c3c3cc(-n4c5ccccc5c5ccccc54)cc4c5cc(-n6c7ccccc7c7ccccc76)cnc5n2c43)c1. The number of hydrogen-bond acceptors (Lipinski definition) is 6. The van der Waals surface area contributed by atoms with Crippen molar-refractivity contribution in [2.45, 2.75) is 0 Å². The van der Waals surface area contributed by atoms with Crippen LogP contribution in [0.5, 0.6) is 0 Å². The van der Waals surface area contributed by atoms with Gasteiger partial charge in [-0.05, 0) is 109 Å². The molecule has 0 spiro atoms. The first kappa shape index (κ1) is 52.4. The summed E-state index contributed by atoms with van der Waals surface area (Å²) < 4.78 is 14.6. The molecule has 0 aliphatic heterocycles. The van der Waals surface area contributed by atoms with E-state index in [1.807, 2.05) is 36.9 Å². The molecule has 0 aliphatic carbocycles. The lowest BCUT2D eigenvalue weighted by molar-refractivity contribution is 1.14. The van der Waals surface area contributed by atoms with Gasteiger partial charge in [0.25, 0.3) is 0 Å². The van der Waals surface area contributed by atoms with Crippen LogP contribution in [0.15, 0.2) is 292 Å². The maximum absolute atomic E-state index is 6.11. The van der Waals surface area contributed by atoms with E-state index >= 15 is 0 Å². The van der Waals surface area contributed by atoms with Gasteiger partial charge in [0.05, 0.1) is 101 Å². The van der Waals surface area contributed by atoms with Crippen LogP contribution in [0.1, 0.15) is 0 Å². The highest BCUT2D eigenvalue weighted by atomic mass is 15.1. The summed E-state index contributed by atoms with van der Waals surface area (Å²) in [7, 11) is 0. The third-order valence-corrected chi connectivity index (χ3v) is 21.6. The summed E-state index contributed by atoms with van der Waals surface area (Å²) >= 11 is 0. The number of rotatable bonds is 6. The van der Waals surface area contributed by atoms with Crippen LogP contribution < -0.4 is 0 Å². The maximum Gasteiger partial charge on any atom is 0.145 e. The van der Waals surface area contributed by atoms with Crippen LogP contribution >= 0.6 is 0 Å². The Morgan fingerprint density at radius 2 is 0.510 bits per heavy atom. The lowest BCUT2D eigenvalue weighted by atomic mass is 10.00. The van der Waals surface area contributed by atoms with Gasteiger partial charge < -0.3 is 18.3 Å². The van der Waals surface area contributed by atoms with Crippen molar-refractivity contribution in [2.75, 3.05) is 0 Å². The van der Waals surface area contributed by atoms with Crippen LogP contribution in [0.4, 0.5) is 0 Å². The zero-order chi connectivity index (χ0) is 64.7. The topological polar surface area (TPSA) is 106 Å². The Morgan fingerprint density at radius 1 is 0.230 bits per heavy atom. The average Bonchev–Trinajstić information content (AvgIpc) is 1.48. The van der Waals surface area contributed by atoms with E-state index in [2.05, 4.69) is 282 Å². The van der Waals surface area contributed by atoms with Gasteiger partial charge in [0.2, 0.25) is 0 Å². The van der Waals surface area contributed by atoms with Gasteiger partial charge in [0, 0.05) is 133 Å². The van der Waals surface area contributed by atoms with Crippen molar-refractivity contribution in [3.8, 4) is 45.3 Å². The summed E-state index contributed by atoms with van der Waals surface area (Å²) in [5, 5.41) is 17.6. The monoisotopic (exact) mass is 1270 g/mol. The average molecular weight is 1270 g/mol. The van der Waals surface area contributed by atoms with E-state index in [1.54, 1.807) is 0 Å². The summed E-state index contributed by atoms with van der Waals surface area (Å²) in [6, 6.07) is 92.5. The van der Waals surface area contributed by atoms with E-state index in [4.69, 9.17) is 29.9 Å².